The molecule has 9 nitrogen and oxygen atoms in total. The molecule has 9 N–H and O–H groups in total. The number of carbonyl (C=O) groups excluding carboxylic acids is 1. The van der Waals surface area contributed by atoms with Crippen molar-refractivity contribution >= 4 is 5.91 Å². The normalized spacial score (nSPS) is 22.3. The van der Waals surface area contributed by atoms with E-state index in [1.165, 1.54) is 0 Å². The van der Waals surface area contributed by atoms with Gasteiger partial charge in [0, 0.05) is 0 Å². The molecule has 0 fully saturated rings. The first kappa shape index (κ1) is 16.2. The van der Waals surface area contributed by atoms with Gasteiger partial charge in [0.25, 0.3) is 0 Å². The Labute approximate surface area is 96.4 Å². The Bertz CT molecular complexity index is 250. The van der Waals surface area contributed by atoms with Crippen LogP contribution in [0.25, 0.3) is 0 Å². The van der Waals surface area contributed by atoms with Crippen LogP contribution in [0.5, 0.6) is 0 Å². The van der Waals surface area contributed by atoms with Gasteiger partial charge in [-0.3, -0.25) is 4.79 Å². The summed E-state index contributed by atoms with van der Waals surface area (Å²) in [4.78, 5) is 10.5. The van der Waals surface area contributed by atoms with Gasteiger partial charge in [-0.1, -0.05) is 0 Å². The molecule has 0 aromatic heterocycles. The maximum absolute atomic E-state index is 10.5. The molecule has 0 rings (SSSR count). The highest BCUT2D eigenvalue weighted by Crippen LogP contribution is 2.10. The van der Waals surface area contributed by atoms with Gasteiger partial charge in [-0.2, -0.15) is 0 Å². The van der Waals surface area contributed by atoms with Crippen molar-refractivity contribution in [2.75, 3.05) is 6.61 Å². The Balaban J connectivity index is 4.58. The molecule has 0 radical (unpaired) electrons. The number of aliphatic hydroxyl groups excluding tert-OH is 7. The van der Waals surface area contributed by atoms with Crippen molar-refractivity contribution in [2.24, 2.45) is 5.73 Å². The molecule has 0 aliphatic carbocycles. The molecule has 6 unspecified atom stereocenters. The van der Waals surface area contributed by atoms with Crippen LogP contribution in [0.2, 0.25) is 0 Å². The summed E-state index contributed by atoms with van der Waals surface area (Å²) in [7, 11) is 0. The monoisotopic (exact) mass is 255 g/mol. The molecule has 0 aliphatic rings. The number of aliphatic hydroxyl groups is 7. The Morgan fingerprint density at radius 2 is 1.29 bits per heavy atom. The summed E-state index contributed by atoms with van der Waals surface area (Å²) >= 11 is 0. The average Bonchev–Trinajstić information content (AvgIpc) is 2.32. The van der Waals surface area contributed by atoms with Crippen LogP contribution in [-0.4, -0.2) is 84.9 Å². The number of hydrogen-bond donors (Lipinski definition) is 8. The molecular formula is C8H17NO8. The van der Waals surface area contributed by atoms with E-state index in [0.29, 0.717) is 0 Å². The summed E-state index contributed by atoms with van der Waals surface area (Å²) in [6, 6.07) is 0. The molecule has 0 heterocycles. The van der Waals surface area contributed by atoms with Gasteiger partial charge in [0.05, 0.1) is 6.61 Å². The van der Waals surface area contributed by atoms with Gasteiger partial charge >= 0.3 is 0 Å². The van der Waals surface area contributed by atoms with Crippen LogP contribution in [0.4, 0.5) is 0 Å². The number of primary amides is 1. The lowest BCUT2D eigenvalue weighted by Crippen LogP contribution is -2.55. The quantitative estimate of drug-likeness (QED) is 0.221. The van der Waals surface area contributed by atoms with Crippen molar-refractivity contribution in [1.29, 1.82) is 0 Å². The summed E-state index contributed by atoms with van der Waals surface area (Å²) < 4.78 is 0. The molecule has 9 heteroatoms. The average molecular weight is 255 g/mol. The summed E-state index contributed by atoms with van der Waals surface area (Å²) in [5, 5.41) is 63.5. The maximum atomic E-state index is 10.5. The molecule has 0 aromatic carbocycles. The molecule has 0 spiro atoms. The Morgan fingerprint density at radius 3 is 1.65 bits per heavy atom. The van der Waals surface area contributed by atoms with Gasteiger partial charge in [0.15, 0.2) is 6.10 Å². The maximum Gasteiger partial charge on any atom is 0.249 e. The minimum atomic E-state index is -2.14. The Hall–Kier alpha value is -0.810. The summed E-state index contributed by atoms with van der Waals surface area (Å²) in [6.07, 6.45) is -12.2. The van der Waals surface area contributed by atoms with Crippen molar-refractivity contribution in [2.45, 2.75) is 36.6 Å². The lowest BCUT2D eigenvalue weighted by molar-refractivity contribution is -0.164. The van der Waals surface area contributed by atoms with Gasteiger partial charge in [0.1, 0.15) is 30.5 Å². The fourth-order valence-corrected chi connectivity index (χ4v) is 1.09. The van der Waals surface area contributed by atoms with E-state index in [1.54, 1.807) is 0 Å². The summed E-state index contributed by atoms with van der Waals surface area (Å²) in [6.45, 7) is -0.889. The standard InChI is InChI=1S/C8H17NO8/c9-8(17)7(16)6(15)5(14)4(13)3(12)2(11)1-10/h2-7,10-16H,1H2,(H2,9,17). The van der Waals surface area contributed by atoms with Crippen molar-refractivity contribution in [3.8, 4) is 0 Å². The van der Waals surface area contributed by atoms with Crippen LogP contribution in [0.15, 0.2) is 0 Å². The first-order valence-electron chi connectivity index (χ1n) is 4.72. The minimum Gasteiger partial charge on any atom is -0.394 e. The third-order valence-corrected chi connectivity index (χ3v) is 2.25. The fourth-order valence-electron chi connectivity index (χ4n) is 1.09. The van der Waals surface area contributed by atoms with Crippen LogP contribution in [-0.2, 0) is 4.79 Å². The second-order valence-electron chi connectivity index (χ2n) is 3.56. The van der Waals surface area contributed by atoms with Crippen molar-refractivity contribution in [3.05, 3.63) is 0 Å². The lowest BCUT2D eigenvalue weighted by Gasteiger charge is -2.29. The fraction of sp³-hybridized carbons (Fsp3) is 0.875. The van der Waals surface area contributed by atoms with Crippen LogP contribution in [0.3, 0.4) is 0 Å². The molecule has 0 saturated carbocycles. The number of carbonyl (C=O) groups is 1. The SMILES string of the molecule is NC(=O)C(O)C(O)C(O)C(O)C(O)C(O)CO. The summed E-state index contributed by atoms with van der Waals surface area (Å²) in [5.41, 5.74) is 4.64. The van der Waals surface area contributed by atoms with E-state index in [9.17, 15) is 25.2 Å². The van der Waals surface area contributed by atoms with Gasteiger partial charge in [0.2, 0.25) is 5.91 Å². The molecule has 0 aliphatic heterocycles. The lowest BCUT2D eigenvalue weighted by atomic mass is 9.96. The van der Waals surface area contributed by atoms with Crippen LogP contribution in [0.1, 0.15) is 0 Å². The zero-order valence-electron chi connectivity index (χ0n) is 8.79. The van der Waals surface area contributed by atoms with E-state index in [-0.39, 0.29) is 0 Å². The van der Waals surface area contributed by atoms with Gasteiger partial charge in [-0.05, 0) is 0 Å². The Kier molecular flexibility index (Phi) is 6.49. The third kappa shape index (κ3) is 4.16. The number of hydrogen-bond acceptors (Lipinski definition) is 8. The van der Waals surface area contributed by atoms with Crippen molar-refractivity contribution < 1.29 is 40.5 Å². The van der Waals surface area contributed by atoms with E-state index in [2.05, 4.69) is 5.73 Å². The van der Waals surface area contributed by atoms with E-state index < -0.39 is 49.1 Å². The molecule has 17 heavy (non-hydrogen) atoms. The van der Waals surface area contributed by atoms with E-state index in [0.717, 1.165) is 0 Å². The number of rotatable bonds is 7. The van der Waals surface area contributed by atoms with Crippen molar-refractivity contribution in [1.82, 2.24) is 0 Å². The smallest absolute Gasteiger partial charge is 0.249 e. The van der Waals surface area contributed by atoms with Crippen LogP contribution < -0.4 is 5.73 Å². The predicted octanol–water partition coefficient (Wildman–Crippen LogP) is -5.37. The molecule has 0 bridgehead atoms. The molecule has 0 aromatic rings. The zero-order chi connectivity index (χ0) is 13.7. The van der Waals surface area contributed by atoms with Crippen LogP contribution in [0, 0.1) is 0 Å². The number of nitrogens with two attached hydrogens (primary N) is 1. The largest absolute Gasteiger partial charge is 0.394 e. The minimum absolute atomic E-state index is 0.889. The highest BCUT2D eigenvalue weighted by molar-refractivity contribution is 5.79. The van der Waals surface area contributed by atoms with Gasteiger partial charge in [-0.25, -0.2) is 0 Å². The van der Waals surface area contributed by atoms with Gasteiger partial charge in [-0.15, -0.1) is 0 Å². The third-order valence-electron chi connectivity index (χ3n) is 2.25. The second kappa shape index (κ2) is 6.81. The predicted molar refractivity (Wildman–Crippen MR) is 52.3 cm³/mol. The highest BCUT2D eigenvalue weighted by Gasteiger charge is 2.38. The number of amides is 1. The second-order valence-corrected chi connectivity index (χ2v) is 3.56. The molecule has 102 valence electrons. The van der Waals surface area contributed by atoms with Crippen LogP contribution >= 0.6 is 0 Å². The molecule has 1 amide bonds. The topological polar surface area (TPSA) is 185 Å². The van der Waals surface area contributed by atoms with Crippen molar-refractivity contribution in [3.63, 3.8) is 0 Å². The van der Waals surface area contributed by atoms with Gasteiger partial charge < -0.3 is 41.5 Å². The first-order valence-corrected chi connectivity index (χ1v) is 4.72. The van der Waals surface area contributed by atoms with E-state index in [4.69, 9.17) is 15.3 Å². The Morgan fingerprint density at radius 1 is 0.882 bits per heavy atom. The zero-order valence-corrected chi connectivity index (χ0v) is 8.79. The first-order chi connectivity index (χ1) is 7.73. The summed E-state index contributed by atoms with van der Waals surface area (Å²) in [5.74, 6) is -1.33. The molecule has 6 atom stereocenters. The van der Waals surface area contributed by atoms with E-state index >= 15 is 0 Å². The van der Waals surface area contributed by atoms with E-state index in [1.807, 2.05) is 0 Å². The molecule has 0 saturated heterocycles. The highest BCUT2D eigenvalue weighted by atomic mass is 16.4. The molecular weight excluding hydrogens is 238 g/mol.